The molecule has 10 heteroatoms. The molecule has 2 N–H and O–H groups in total. The topological polar surface area (TPSA) is 119 Å². The summed E-state index contributed by atoms with van der Waals surface area (Å²) in [5.74, 6) is 0.861. The summed E-state index contributed by atoms with van der Waals surface area (Å²) in [6, 6.07) is 17.3. The van der Waals surface area contributed by atoms with E-state index in [4.69, 9.17) is 4.42 Å². The number of carbonyl (C=O) groups excluding carboxylic acids is 1. The van der Waals surface area contributed by atoms with Gasteiger partial charge in [-0.3, -0.25) is 4.79 Å². The highest BCUT2D eigenvalue weighted by Gasteiger charge is 2.15. The van der Waals surface area contributed by atoms with E-state index < -0.39 is 10.0 Å². The minimum Gasteiger partial charge on any atom is -0.468 e. The van der Waals surface area contributed by atoms with Crippen LogP contribution >= 0.6 is 0 Å². The maximum atomic E-state index is 12.4. The molecule has 0 spiro atoms. The van der Waals surface area contributed by atoms with Gasteiger partial charge in [0.05, 0.1) is 40.9 Å². The van der Waals surface area contributed by atoms with Gasteiger partial charge in [-0.05, 0) is 48.9 Å². The van der Waals surface area contributed by atoms with Crippen LogP contribution in [-0.4, -0.2) is 29.6 Å². The Labute approximate surface area is 191 Å². The molecule has 2 aromatic carbocycles. The standard InChI is InChI=1S/C23H23N5O4S/c1-16(26-27-23(29)14-22-25-20-7-3-4-8-21(20)28(22)2)17-9-11-19(12-10-17)33(30,31)24-15-18-6-5-13-32-18/h3-13,24H,14-15H2,1-2H3,(H,27,29)/b26-16+. The van der Waals surface area contributed by atoms with Crippen LogP contribution in [0.4, 0.5) is 0 Å². The summed E-state index contributed by atoms with van der Waals surface area (Å²) in [6.45, 7) is 1.79. The molecule has 0 aliphatic rings. The molecular formula is C23H23N5O4S. The summed E-state index contributed by atoms with van der Waals surface area (Å²) >= 11 is 0. The first kappa shape index (κ1) is 22.4. The zero-order chi connectivity index (χ0) is 23.4. The molecule has 0 saturated heterocycles. The van der Waals surface area contributed by atoms with Crippen LogP contribution in [0.25, 0.3) is 11.0 Å². The molecule has 1 amide bonds. The predicted octanol–water partition coefficient (Wildman–Crippen LogP) is 2.73. The van der Waals surface area contributed by atoms with Gasteiger partial charge in [-0.15, -0.1) is 0 Å². The number of aromatic nitrogens is 2. The number of nitrogens with one attached hydrogen (secondary N) is 2. The molecule has 4 rings (SSSR count). The first-order chi connectivity index (χ1) is 15.8. The Balaban J connectivity index is 1.38. The second kappa shape index (κ2) is 9.39. The highest BCUT2D eigenvalue weighted by atomic mass is 32.2. The van der Waals surface area contributed by atoms with E-state index >= 15 is 0 Å². The second-order valence-corrected chi connectivity index (χ2v) is 9.18. The van der Waals surface area contributed by atoms with Crippen LogP contribution in [0.2, 0.25) is 0 Å². The monoisotopic (exact) mass is 465 g/mol. The van der Waals surface area contributed by atoms with Gasteiger partial charge >= 0.3 is 0 Å². The maximum absolute atomic E-state index is 12.4. The zero-order valence-electron chi connectivity index (χ0n) is 18.1. The summed E-state index contributed by atoms with van der Waals surface area (Å²) in [7, 11) is -1.82. The van der Waals surface area contributed by atoms with Crippen molar-refractivity contribution >= 4 is 32.7 Å². The number of para-hydroxylation sites is 2. The lowest BCUT2D eigenvalue weighted by molar-refractivity contribution is -0.120. The lowest BCUT2D eigenvalue weighted by atomic mass is 10.1. The largest absolute Gasteiger partial charge is 0.468 e. The van der Waals surface area contributed by atoms with Gasteiger partial charge in [-0.1, -0.05) is 24.3 Å². The third-order valence-corrected chi connectivity index (χ3v) is 6.56. The first-order valence-electron chi connectivity index (χ1n) is 10.2. The molecule has 2 heterocycles. The number of benzene rings is 2. The van der Waals surface area contributed by atoms with Crippen molar-refractivity contribution in [1.29, 1.82) is 0 Å². The summed E-state index contributed by atoms with van der Waals surface area (Å²) in [5.41, 5.74) is 5.54. The number of sulfonamides is 1. The number of imidazole rings is 1. The number of fused-ring (bicyclic) bond motifs is 1. The zero-order valence-corrected chi connectivity index (χ0v) is 19.0. The molecule has 0 saturated carbocycles. The van der Waals surface area contributed by atoms with Gasteiger partial charge in [-0.25, -0.2) is 23.5 Å². The Hall–Kier alpha value is -3.76. The number of aryl methyl sites for hydroxylation is 1. The average Bonchev–Trinajstić information content (AvgIpc) is 3.45. The van der Waals surface area contributed by atoms with Crippen LogP contribution in [0.15, 0.2) is 81.3 Å². The highest BCUT2D eigenvalue weighted by Crippen LogP contribution is 2.15. The van der Waals surface area contributed by atoms with Crippen molar-refractivity contribution in [2.75, 3.05) is 0 Å². The van der Waals surface area contributed by atoms with E-state index in [0.717, 1.165) is 11.0 Å². The van der Waals surface area contributed by atoms with Crippen molar-refractivity contribution in [1.82, 2.24) is 19.7 Å². The van der Waals surface area contributed by atoms with Crippen LogP contribution < -0.4 is 10.1 Å². The number of rotatable bonds is 8. The van der Waals surface area contributed by atoms with Gasteiger partial charge in [0.15, 0.2) is 0 Å². The van der Waals surface area contributed by atoms with Gasteiger partial charge in [0.2, 0.25) is 15.9 Å². The molecule has 9 nitrogen and oxygen atoms in total. The van der Waals surface area contributed by atoms with E-state index in [-0.39, 0.29) is 23.8 Å². The first-order valence-corrected chi connectivity index (χ1v) is 11.7. The molecule has 170 valence electrons. The number of carbonyl (C=O) groups is 1. The molecule has 0 aliphatic carbocycles. The Morgan fingerprint density at radius 3 is 2.55 bits per heavy atom. The average molecular weight is 466 g/mol. The number of hydrogen-bond acceptors (Lipinski definition) is 6. The lowest BCUT2D eigenvalue weighted by Gasteiger charge is -2.07. The van der Waals surface area contributed by atoms with Crippen LogP contribution in [-0.2, 0) is 34.8 Å². The quantitative estimate of drug-likeness (QED) is 0.306. The van der Waals surface area contributed by atoms with E-state index in [1.807, 2.05) is 35.9 Å². The van der Waals surface area contributed by atoms with E-state index in [1.165, 1.54) is 18.4 Å². The van der Waals surface area contributed by atoms with Gasteiger partial charge in [0.25, 0.3) is 0 Å². The van der Waals surface area contributed by atoms with Crippen LogP contribution in [0.3, 0.4) is 0 Å². The Morgan fingerprint density at radius 2 is 1.85 bits per heavy atom. The molecule has 0 atom stereocenters. The predicted molar refractivity (Wildman–Crippen MR) is 124 cm³/mol. The maximum Gasteiger partial charge on any atom is 0.247 e. The number of hydrogen-bond donors (Lipinski definition) is 2. The normalized spacial score (nSPS) is 12.2. The highest BCUT2D eigenvalue weighted by molar-refractivity contribution is 7.89. The Morgan fingerprint density at radius 1 is 1.09 bits per heavy atom. The third-order valence-electron chi connectivity index (χ3n) is 5.15. The van der Waals surface area contributed by atoms with Gasteiger partial charge in [0.1, 0.15) is 11.6 Å². The molecule has 0 radical (unpaired) electrons. The van der Waals surface area contributed by atoms with E-state index in [2.05, 4.69) is 20.2 Å². The number of hydrazone groups is 1. The molecule has 0 aliphatic heterocycles. The smallest absolute Gasteiger partial charge is 0.247 e. The van der Waals surface area contributed by atoms with Gasteiger partial charge < -0.3 is 8.98 Å². The summed E-state index contributed by atoms with van der Waals surface area (Å²) in [5, 5.41) is 4.14. The van der Waals surface area contributed by atoms with E-state index in [9.17, 15) is 13.2 Å². The van der Waals surface area contributed by atoms with Crippen LogP contribution in [0.5, 0.6) is 0 Å². The molecule has 4 aromatic rings. The van der Waals surface area contributed by atoms with E-state index in [0.29, 0.717) is 22.9 Å². The Bertz CT molecular complexity index is 1410. The molecular weight excluding hydrogens is 442 g/mol. The summed E-state index contributed by atoms with van der Waals surface area (Å²) in [4.78, 5) is 17.0. The van der Waals surface area contributed by atoms with Crippen LogP contribution in [0, 0.1) is 0 Å². The molecule has 0 fully saturated rings. The molecule has 33 heavy (non-hydrogen) atoms. The third kappa shape index (κ3) is 5.18. The van der Waals surface area contributed by atoms with Crippen molar-refractivity contribution in [3.63, 3.8) is 0 Å². The van der Waals surface area contributed by atoms with Crippen molar-refractivity contribution in [2.45, 2.75) is 24.8 Å². The molecule has 0 bridgehead atoms. The molecule has 0 unspecified atom stereocenters. The van der Waals surface area contributed by atoms with Crippen molar-refractivity contribution in [3.8, 4) is 0 Å². The minimum absolute atomic E-state index is 0.0646. The number of furan rings is 1. The number of nitrogens with zero attached hydrogens (tertiary/aromatic N) is 3. The fraction of sp³-hybridized carbons (Fsp3) is 0.174. The summed E-state index contributed by atoms with van der Waals surface area (Å²) < 4.78 is 34.4. The number of amides is 1. The minimum atomic E-state index is -3.68. The van der Waals surface area contributed by atoms with E-state index in [1.54, 1.807) is 31.2 Å². The van der Waals surface area contributed by atoms with Crippen LogP contribution in [0.1, 0.15) is 24.1 Å². The van der Waals surface area contributed by atoms with Gasteiger partial charge in [-0.2, -0.15) is 5.10 Å². The lowest BCUT2D eigenvalue weighted by Crippen LogP contribution is -2.23. The van der Waals surface area contributed by atoms with Gasteiger partial charge in [0, 0.05) is 7.05 Å². The fourth-order valence-corrected chi connectivity index (χ4v) is 4.28. The molecule has 2 aromatic heterocycles. The Kier molecular flexibility index (Phi) is 6.38. The SMILES string of the molecule is C/C(=N\NC(=O)Cc1nc2ccccc2n1C)c1ccc(S(=O)(=O)NCc2ccco2)cc1. The van der Waals surface area contributed by atoms with Crippen molar-refractivity contribution in [3.05, 3.63) is 84.1 Å². The fourth-order valence-electron chi connectivity index (χ4n) is 3.29. The van der Waals surface area contributed by atoms with Crippen molar-refractivity contribution < 1.29 is 17.6 Å². The van der Waals surface area contributed by atoms with Crippen molar-refractivity contribution in [2.24, 2.45) is 12.1 Å². The summed E-state index contributed by atoms with van der Waals surface area (Å²) in [6.07, 6.45) is 1.57. The second-order valence-electron chi connectivity index (χ2n) is 7.41.